The Morgan fingerprint density at radius 1 is 0.838 bits per heavy atom. The molecule has 9 heteroatoms. The van der Waals surface area contributed by atoms with Crippen LogP contribution in [-0.2, 0) is 10.1 Å². The summed E-state index contributed by atoms with van der Waals surface area (Å²) in [5.74, 6) is -0.437. The summed E-state index contributed by atoms with van der Waals surface area (Å²) >= 11 is 0. The predicted molar refractivity (Wildman–Crippen MR) is 142 cm³/mol. The lowest BCUT2D eigenvalue weighted by molar-refractivity contribution is 0.326. The number of hydrogen-bond donors (Lipinski definition) is 0. The molecular weight excluding hydrogens is 499 g/mol. The van der Waals surface area contributed by atoms with Crippen LogP contribution in [0.1, 0.15) is 19.4 Å². The van der Waals surface area contributed by atoms with Crippen molar-refractivity contribution in [3.05, 3.63) is 65.5 Å². The molecule has 0 aromatic heterocycles. The van der Waals surface area contributed by atoms with Crippen LogP contribution in [0.25, 0.3) is 22.3 Å². The monoisotopic (exact) mass is 530 g/mol. The molecule has 0 atom stereocenters. The van der Waals surface area contributed by atoms with Gasteiger partial charge < -0.3 is 23.1 Å². The highest BCUT2D eigenvalue weighted by atomic mass is 32.2. The molecule has 0 radical (unpaired) electrons. The number of ether oxygens (including phenoxy) is 4. The van der Waals surface area contributed by atoms with Crippen LogP contribution in [-0.4, -0.2) is 42.6 Å². The Kier molecular flexibility index (Phi) is 8.70. The Balaban J connectivity index is 2.34. The van der Waals surface area contributed by atoms with Gasteiger partial charge >= 0.3 is 10.1 Å². The maximum atomic E-state index is 16.1. The molecule has 0 spiro atoms. The van der Waals surface area contributed by atoms with Crippen molar-refractivity contribution < 1.29 is 35.9 Å². The summed E-state index contributed by atoms with van der Waals surface area (Å²) in [6, 6.07) is 11.9. The van der Waals surface area contributed by atoms with E-state index < -0.39 is 15.9 Å². The fourth-order valence-corrected chi connectivity index (χ4v) is 4.21. The van der Waals surface area contributed by atoms with Gasteiger partial charge in [-0.2, -0.15) is 8.42 Å². The number of methoxy groups -OCH3 is 3. The summed E-state index contributed by atoms with van der Waals surface area (Å²) in [6.45, 7) is 6.15. The Morgan fingerprint density at radius 3 is 2.00 bits per heavy atom. The van der Waals surface area contributed by atoms with E-state index in [0.717, 1.165) is 17.4 Å². The van der Waals surface area contributed by atoms with Crippen LogP contribution in [0.4, 0.5) is 4.39 Å². The molecule has 0 amide bonds. The zero-order valence-electron chi connectivity index (χ0n) is 22.0. The molecule has 3 aromatic rings. The van der Waals surface area contributed by atoms with Crippen molar-refractivity contribution in [2.24, 2.45) is 0 Å². The lowest BCUT2D eigenvalue weighted by atomic mass is 9.95. The van der Waals surface area contributed by atoms with Crippen LogP contribution in [0.5, 0.6) is 28.7 Å². The number of allylic oxidation sites excluding steroid dienone is 1. The van der Waals surface area contributed by atoms with Crippen molar-refractivity contribution >= 4 is 10.1 Å². The van der Waals surface area contributed by atoms with Gasteiger partial charge in [0.1, 0.15) is 6.61 Å². The van der Waals surface area contributed by atoms with Gasteiger partial charge in [0.05, 0.1) is 38.7 Å². The molecule has 0 heterocycles. The van der Waals surface area contributed by atoms with Crippen LogP contribution in [0.3, 0.4) is 0 Å². The van der Waals surface area contributed by atoms with Crippen LogP contribution in [0.15, 0.2) is 54.1 Å². The molecule has 0 saturated carbocycles. The van der Waals surface area contributed by atoms with Crippen molar-refractivity contribution in [1.82, 2.24) is 0 Å². The summed E-state index contributed by atoms with van der Waals surface area (Å²) < 4.78 is 68.5. The van der Waals surface area contributed by atoms with Gasteiger partial charge in [0.2, 0.25) is 0 Å². The van der Waals surface area contributed by atoms with Crippen LogP contribution in [0, 0.1) is 12.7 Å². The van der Waals surface area contributed by atoms with Gasteiger partial charge in [-0.3, -0.25) is 0 Å². The third-order valence-electron chi connectivity index (χ3n) is 5.47. The molecule has 0 aliphatic rings. The number of hydrogen-bond acceptors (Lipinski definition) is 7. The van der Waals surface area contributed by atoms with Crippen LogP contribution >= 0.6 is 0 Å². The van der Waals surface area contributed by atoms with E-state index >= 15 is 4.39 Å². The van der Waals surface area contributed by atoms with Gasteiger partial charge in [-0.1, -0.05) is 41.5 Å². The molecule has 37 heavy (non-hydrogen) atoms. The topological polar surface area (TPSA) is 80.3 Å². The summed E-state index contributed by atoms with van der Waals surface area (Å²) in [4.78, 5) is 0. The van der Waals surface area contributed by atoms with E-state index in [2.05, 4.69) is 0 Å². The molecule has 3 aromatic carbocycles. The van der Waals surface area contributed by atoms with E-state index in [1.54, 1.807) is 30.3 Å². The molecule has 0 N–H and O–H groups in total. The van der Waals surface area contributed by atoms with Gasteiger partial charge in [-0.15, -0.1) is 0 Å². The fourth-order valence-electron chi connectivity index (χ4n) is 3.75. The largest absolute Gasteiger partial charge is 0.493 e. The molecule has 0 aliphatic heterocycles. The lowest BCUT2D eigenvalue weighted by Gasteiger charge is -2.22. The maximum absolute atomic E-state index is 16.1. The summed E-state index contributed by atoms with van der Waals surface area (Å²) in [7, 11) is 0.0391. The van der Waals surface area contributed by atoms with Gasteiger partial charge in [0.15, 0.2) is 34.6 Å². The van der Waals surface area contributed by atoms with E-state index in [9.17, 15) is 8.42 Å². The quantitative estimate of drug-likeness (QED) is 0.229. The van der Waals surface area contributed by atoms with Crippen LogP contribution in [0.2, 0.25) is 0 Å². The molecule has 0 saturated heterocycles. The van der Waals surface area contributed by atoms with Crippen molar-refractivity contribution in [3.8, 4) is 51.0 Å². The Labute approximate surface area is 217 Å². The van der Waals surface area contributed by atoms with E-state index in [1.165, 1.54) is 21.3 Å². The first-order valence-corrected chi connectivity index (χ1v) is 13.2. The highest BCUT2D eigenvalue weighted by molar-refractivity contribution is 7.86. The second-order valence-electron chi connectivity index (χ2n) is 8.57. The first-order chi connectivity index (χ1) is 17.5. The highest BCUT2D eigenvalue weighted by Crippen LogP contribution is 2.53. The second-order valence-corrected chi connectivity index (χ2v) is 10.1. The summed E-state index contributed by atoms with van der Waals surface area (Å²) in [5, 5.41) is 0. The zero-order valence-corrected chi connectivity index (χ0v) is 22.8. The van der Waals surface area contributed by atoms with E-state index in [1.807, 2.05) is 39.0 Å². The minimum atomic E-state index is -4.05. The first-order valence-electron chi connectivity index (χ1n) is 11.4. The van der Waals surface area contributed by atoms with Gasteiger partial charge in [-0.05, 0) is 50.1 Å². The third kappa shape index (κ3) is 6.35. The standard InChI is InChI=1S/C28H31FO7S/c1-17(2)14-15-35-21-13-12-20(16-22(21)32-4)24-26(33-5)25(29)23(19-10-8-18(3)9-11-19)27(34-6)28(24)36-37(7,30)31/h8-14,16H,15H2,1-7H3. The number of aryl methyl sites for hydroxylation is 1. The van der Waals surface area contributed by atoms with Gasteiger partial charge in [-0.25, -0.2) is 4.39 Å². The minimum Gasteiger partial charge on any atom is -0.493 e. The summed E-state index contributed by atoms with van der Waals surface area (Å²) in [6.07, 6.45) is 2.82. The smallest absolute Gasteiger partial charge is 0.306 e. The van der Waals surface area contributed by atoms with Crippen molar-refractivity contribution in [2.75, 3.05) is 34.2 Å². The molecule has 0 fully saturated rings. The minimum absolute atomic E-state index is 0.00962. The third-order valence-corrected chi connectivity index (χ3v) is 5.94. The summed E-state index contributed by atoms with van der Waals surface area (Å²) in [5.41, 5.74) is 2.96. The molecule has 198 valence electrons. The van der Waals surface area contributed by atoms with Gasteiger partial charge in [0, 0.05) is 0 Å². The van der Waals surface area contributed by atoms with Crippen molar-refractivity contribution in [1.29, 1.82) is 0 Å². The van der Waals surface area contributed by atoms with E-state index in [4.69, 9.17) is 23.1 Å². The SMILES string of the molecule is COc1cc(-c2c(OC)c(F)c(-c3ccc(C)cc3)c(OC)c2OS(C)(=O)=O)ccc1OCC=C(C)C. The maximum Gasteiger partial charge on any atom is 0.306 e. The van der Waals surface area contributed by atoms with E-state index in [0.29, 0.717) is 29.2 Å². The normalized spacial score (nSPS) is 11.0. The molecular formula is C28H31FO7S. The molecule has 7 nitrogen and oxygen atoms in total. The predicted octanol–water partition coefficient (Wildman–Crippen LogP) is 6.18. The molecule has 0 aliphatic carbocycles. The molecule has 0 bridgehead atoms. The number of rotatable bonds is 10. The zero-order chi connectivity index (χ0) is 27.3. The van der Waals surface area contributed by atoms with E-state index in [-0.39, 0.29) is 28.4 Å². The lowest BCUT2D eigenvalue weighted by Crippen LogP contribution is -2.10. The highest BCUT2D eigenvalue weighted by Gasteiger charge is 2.31. The Bertz CT molecular complexity index is 1410. The van der Waals surface area contributed by atoms with Crippen LogP contribution < -0.4 is 23.1 Å². The average molecular weight is 531 g/mol. The number of benzene rings is 3. The molecule has 0 unspecified atom stereocenters. The Morgan fingerprint density at radius 2 is 1.46 bits per heavy atom. The number of halogens is 1. The second kappa shape index (κ2) is 11.6. The molecule has 3 rings (SSSR count). The van der Waals surface area contributed by atoms with Gasteiger partial charge in [0.25, 0.3) is 0 Å². The fraction of sp³-hybridized carbons (Fsp3) is 0.286. The van der Waals surface area contributed by atoms with Crippen molar-refractivity contribution in [2.45, 2.75) is 20.8 Å². The first kappa shape index (κ1) is 27.9. The average Bonchev–Trinajstić information content (AvgIpc) is 2.84. The van der Waals surface area contributed by atoms with Crippen molar-refractivity contribution in [3.63, 3.8) is 0 Å². The Hall–Kier alpha value is -3.72.